The van der Waals surface area contributed by atoms with Crippen LogP contribution in [0.2, 0.25) is 5.02 Å². The Kier molecular flexibility index (Phi) is 11.8. The summed E-state index contributed by atoms with van der Waals surface area (Å²) in [6, 6.07) is 16.4. The van der Waals surface area contributed by atoms with Gasteiger partial charge >= 0.3 is 6.09 Å². The van der Waals surface area contributed by atoms with Gasteiger partial charge in [0.15, 0.2) is 0 Å². The third kappa shape index (κ3) is 9.35. The van der Waals surface area contributed by atoms with Crippen molar-refractivity contribution in [2.24, 2.45) is 17.8 Å². The lowest BCUT2D eigenvalue weighted by Gasteiger charge is -2.40. The number of alkyl carbamates (subject to hydrolysis) is 1. The largest absolute Gasteiger partial charge is 0.446 e. The van der Waals surface area contributed by atoms with Crippen molar-refractivity contribution in [2.75, 3.05) is 18.0 Å². The fourth-order valence-corrected chi connectivity index (χ4v) is 8.94. The van der Waals surface area contributed by atoms with E-state index in [9.17, 15) is 19.2 Å². The molecule has 49 heavy (non-hydrogen) atoms. The summed E-state index contributed by atoms with van der Waals surface area (Å²) >= 11 is 6.20. The predicted molar refractivity (Wildman–Crippen MR) is 190 cm³/mol. The molecule has 6 rings (SSSR count). The molecule has 2 saturated heterocycles. The van der Waals surface area contributed by atoms with Crippen LogP contribution in [0.5, 0.6) is 0 Å². The van der Waals surface area contributed by atoms with Gasteiger partial charge in [-0.3, -0.25) is 9.59 Å². The van der Waals surface area contributed by atoms with Crippen LogP contribution in [0.25, 0.3) is 0 Å². The molecule has 264 valence electrons. The van der Waals surface area contributed by atoms with Gasteiger partial charge in [-0.1, -0.05) is 74.0 Å². The molecule has 3 N–H and O–H groups in total. The van der Waals surface area contributed by atoms with E-state index in [0.29, 0.717) is 23.8 Å². The first-order valence-electron chi connectivity index (χ1n) is 18.4. The van der Waals surface area contributed by atoms with Gasteiger partial charge < -0.3 is 30.4 Å². The van der Waals surface area contributed by atoms with Crippen molar-refractivity contribution in [2.45, 2.75) is 114 Å². The molecule has 0 radical (unpaired) electrons. The summed E-state index contributed by atoms with van der Waals surface area (Å²) in [7, 11) is 0. The molecule has 4 unspecified atom stereocenters. The number of halogens is 1. The minimum absolute atomic E-state index is 0.0568. The van der Waals surface area contributed by atoms with Crippen molar-refractivity contribution >= 4 is 41.5 Å². The molecular weight excluding hydrogens is 640 g/mol. The Morgan fingerprint density at radius 3 is 2.47 bits per heavy atom. The topological polar surface area (TPSA) is 117 Å². The number of ether oxygens (including phenoxy) is 1. The van der Waals surface area contributed by atoms with Gasteiger partial charge in [-0.15, -0.1) is 0 Å². The molecule has 5 atom stereocenters. The summed E-state index contributed by atoms with van der Waals surface area (Å²) in [5.74, 6) is -0.332. The van der Waals surface area contributed by atoms with Crippen LogP contribution in [-0.4, -0.2) is 61.0 Å². The molecule has 0 bridgehead atoms. The van der Waals surface area contributed by atoms with Gasteiger partial charge in [0, 0.05) is 41.2 Å². The Balaban J connectivity index is 1.04. The zero-order valence-corrected chi connectivity index (χ0v) is 29.2. The molecule has 2 aromatic carbocycles. The van der Waals surface area contributed by atoms with Crippen LogP contribution in [0, 0.1) is 17.8 Å². The number of benzene rings is 2. The van der Waals surface area contributed by atoms with E-state index in [-0.39, 0.29) is 35.8 Å². The predicted octanol–water partition coefficient (Wildman–Crippen LogP) is 6.37. The van der Waals surface area contributed by atoms with Crippen LogP contribution in [0.4, 0.5) is 10.5 Å². The van der Waals surface area contributed by atoms with E-state index in [1.54, 1.807) is 0 Å². The highest BCUT2D eigenvalue weighted by atomic mass is 35.5. The maximum absolute atomic E-state index is 13.8. The molecule has 10 heteroatoms. The van der Waals surface area contributed by atoms with Gasteiger partial charge in [0.25, 0.3) is 0 Å². The number of carbonyl (C=O) groups excluding carboxylic acids is 4. The molecule has 2 heterocycles. The van der Waals surface area contributed by atoms with Crippen LogP contribution in [0.1, 0.15) is 89.0 Å². The van der Waals surface area contributed by atoms with Gasteiger partial charge in [-0.25, -0.2) is 4.79 Å². The number of nitrogens with zero attached hydrogens (tertiary/aromatic N) is 1. The Morgan fingerprint density at radius 2 is 1.73 bits per heavy atom. The Labute approximate surface area is 295 Å². The SMILES string of the molecule is O=CC(CC1CC2(CCN(c3ccccc3)CC2)NC1=O)NC(=O)[C@H](CC1CCCCC1)NC(=O)OC1CCCC1Cc1cccc(Cl)c1. The summed E-state index contributed by atoms with van der Waals surface area (Å²) in [6.07, 6.45) is 11.8. The number of nitrogens with one attached hydrogen (secondary N) is 3. The lowest BCUT2D eigenvalue weighted by molar-refractivity contribution is -0.127. The number of hydrogen-bond donors (Lipinski definition) is 3. The van der Waals surface area contributed by atoms with E-state index < -0.39 is 24.1 Å². The van der Waals surface area contributed by atoms with Gasteiger partial charge in [0.05, 0.1) is 6.04 Å². The summed E-state index contributed by atoms with van der Waals surface area (Å²) < 4.78 is 5.96. The maximum atomic E-state index is 13.8. The van der Waals surface area contributed by atoms with E-state index in [0.717, 1.165) is 89.1 Å². The van der Waals surface area contributed by atoms with Gasteiger partial charge in [-0.2, -0.15) is 0 Å². The number of hydrogen-bond acceptors (Lipinski definition) is 6. The monoisotopic (exact) mass is 690 g/mol. The normalized spacial score (nSPS) is 25.0. The van der Waals surface area contributed by atoms with Crippen molar-refractivity contribution in [3.63, 3.8) is 0 Å². The third-order valence-electron chi connectivity index (χ3n) is 11.4. The molecular formula is C39H51ClN4O5. The lowest BCUT2D eigenvalue weighted by atomic mass is 9.82. The van der Waals surface area contributed by atoms with Crippen molar-refractivity contribution in [3.8, 4) is 0 Å². The third-order valence-corrected chi connectivity index (χ3v) is 11.6. The molecule has 2 aromatic rings. The minimum Gasteiger partial charge on any atom is -0.446 e. The fourth-order valence-electron chi connectivity index (χ4n) is 8.73. The van der Waals surface area contributed by atoms with Gasteiger partial charge in [0.2, 0.25) is 11.8 Å². The minimum atomic E-state index is -0.827. The van der Waals surface area contributed by atoms with Crippen molar-refractivity contribution in [1.82, 2.24) is 16.0 Å². The first-order valence-corrected chi connectivity index (χ1v) is 18.8. The van der Waals surface area contributed by atoms with Crippen molar-refractivity contribution in [1.29, 1.82) is 0 Å². The lowest BCUT2D eigenvalue weighted by Crippen LogP contribution is -2.52. The van der Waals surface area contributed by atoms with E-state index in [1.807, 2.05) is 42.5 Å². The molecule has 4 aliphatic rings. The number of rotatable bonds is 12. The standard InChI is InChI=1S/C39H51ClN4O5/c40-31-13-7-11-28(22-31)21-29-12-8-16-35(29)49-38(48)42-34(23-27-9-3-1-4-10-27)37(47)41-32(26-45)24-30-25-39(43-36(30)46)17-19-44(20-18-39)33-14-5-2-6-15-33/h2,5-7,11,13-15,22,26-27,29-30,32,34-35H,1,3-4,8-10,12,16-21,23-25H2,(H,41,47)(H,42,48)(H,43,46)/t29?,30?,32?,34-,35?/m0/s1. The molecule has 3 amide bonds. The average molecular weight is 691 g/mol. The number of aldehydes is 1. The maximum Gasteiger partial charge on any atom is 0.408 e. The van der Waals surface area contributed by atoms with Crippen molar-refractivity contribution in [3.05, 3.63) is 65.2 Å². The number of para-hydroxylation sites is 1. The molecule has 2 saturated carbocycles. The molecule has 1 spiro atoms. The zero-order valence-electron chi connectivity index (χ0n) is 28.4. The van der Waals surface area contributed by atoms with Crippen molar-refractivity contribution < 1.29 is 23.9 Å². The van der Waals surface area contributed by atoms with Gasteiger partial charge in [-0.05, 0) is 93.5 Å². The summed E-state index contributed by atoms with van der Waals surface area (Å²) in [5.41, 5.74) is 2.01. The second-order valence-electron chi connectivity index (χ2n) is 14.9. The molecule has 4 fully saturated rings. The van der Waals surface area contributed by atoms with E-state index in [1.165, 1.54) is 12.1 Å². The van der Waals surface area contributed by atoms with E-state index in [4.69, 9.17) is 16.3 Å². The average Bonchev–Trinajstić information content (AvgIpc) is 3.66. The van der Waals surface area contributed by atoms with Gasteiger partial charge in [0.1, 0.15) is 18.4 Å². The Hall–Kier alpha value is -3.59. The van der Waals surface area contributed by atoms with Crippen LogP contribution >= 0.6 is 11.6 Å². The van der Waals surface area contributed by atoms with E-state index >= 15 is 0 Å². The smallest absolute Gasteiger partial charge is 0.408 e. The number of anilines is 1. The second-order valence-corrected chi connectivity index (χ2v) is 15.3. The Morgan fingerprint density at radius 1 is 0.959 bits per heavy atom. The quantitative estimate of drug-likeness (QED) is 0.223. The highest BCUT2D eigenvalue weighted by Crippen LogP contribution is 2.38. The van der Waals surface area contributed by atoms with E-state index in [2.05, 4.69) is 33.0 Å². The number of carbonyl (C=O) groups is 4. The van der Waals surface area contributed by atoms with Crippen LogP contribution in [0.15, 0.2) is 54.6 Å². The summed E-state index contributed by atoms with van der Waals surface area (Å²) in [6.45, 7) is 1.69. The zero-order chi connectivity index (χ0) is 34.2. The summed E-state index contributed by atoms with van der Waals surface area (Å²) in [4.78, 5) is 54.9. The fraction of sp³-hybridized carbons (Fsp3) is 0.590. The molecule has 9 nitrogen and oxygen atoms in total. The first-order chi connectivity index (χ1) is 23.8. The molecule has 2 aliphatic heterocycles. The number of amides is 3. The second kappa shape index (κ2) is 16.4. The molecule has 0 aromatic heterocycles. The molecule has 2 aliphatic carbocycles. The van der Waals surface area contributed by atoms with Crippen LogP contribution in [0.3, 0.4) is 0 Å². The van der Waals surface area contributed by atoms with Crippen LogP contribution in [-0.2, 0) is 25.5 Å². The highest BCUT2D eigenvalue weighted by molar-refractivity contribution is 6.30. The Bertz CT molecular complexity index is 1440. The van der Waals surface area contributed by atoms with Crippen LogP contribution < -0.4 is 20.9 Å². The first kappa shape index (κ1) is 35.2. The number of piperidine rings is 1. The summed E-state index contributed by atoms with van der Waals surface area (Å²) in [5, 5.41) is 9.72. The highest BCUT2D eigenvalue weighted by Gasteiger charge is 2.46.